The summed E-state index contributed by atoms with van der Waals surface area (Å²) in [6.45, 7) is 0. The molecule has 1 atom stereocenters. The summed E-state index contributed by atoms with van der Waals surface area (Å²) in [5.41, 5.74) is 7.00. The third kappa shape index (κ3) is 2.84. The van der Waals surface area contributed by atoms with Crippen LogP contribution in [-0.2, 0) is 6.42 Å². The second kappa shape index (κ2) is 5.29. The Morgan fingerprint density at radius 2 is 2.24 bits per heavy atom. The second-order valence-electron chi connectivity index (χ2n) is 3.79. The number of hydrogen-bond donors (Lipinski definition) is 1. The Hall–Kier alpha value is -1.39. The van der Waals surface area contributed by atoms with E-state index in [-0.39, 0.29) is 11.9 Å². The molecule has 2 nitrogen and oxygen atoms in total. The summed E-state index contributed by atoms with van der Waals surface area (Å²) in [6.07, 6.45) is 0.606. The van der Waals surface area contributed by atoms with Crippen molar-refractivity contribution in [1.29, 1.82) is 0 Å². The monoisotopic (exact) mass is 251 g/mol. The molecule has 0 saturated heterocycles. The first kappa shape index (κ1) is 12.1. The topological polar surface area (TPSA) is 35.2 Å². The summed E-state index contributed by atoms with van der Waals surface area (Å²) >= 11 is 1.56. The molecule has 2 aromatic rings. The van der Waals surface area contributed by atoms with Gasteiger partial charge in [-0.2, -0.15) is 0 Å². The van der Waals surface area contributed by atoms with E-state index in [1.165, 1.54) is 12.1 Å². The molecule has 1 aromatic carbocycles. The van der Waals surface area contributed by atoms with Crippen LogP contribution in [-0.4, -0.2) is 7.11 Å². The van der Waals surface area contributed by atoms with Crippen molar-refractivity contribution in [2.24, 2.45) is 5.73 Å². The highest BCUT2D eigenvalue weighted by molar-refractivity contribution is 7.10. The maximum absolute atomic E-state index is 13.0. The third-order valence-corrected chi connectivity index (χ3v) is 3.59. The van der Waals surface area contributed by atoms with Gasteiger partial charge >= 0.3 is 0 Å². The number of nitrogens with two attached hydrogens (primary N) is 1. The van der Waals surface area contributed by atoms with Gasteiger partial charge < -0.3 is 10.5 Å². The van der Waals surface area contributed by atoms with E-state index in [4.69, 9.17) is 10.5 Å². The van der Waals surface area contributed by atoms with Gasteiger partial charge in [0.15, 0.2) is 0 Å². The molecular weight excluding hydrogens is 237 g/mol. The zero-order valence-electron chi connectivity index (χ0n) is 9.52. The predicted molar refractivity (Wildman–Crippen MR) is 67.9 cm³/mol. The summed E-state index contributed by atoms with van der Waals surface area (Å²) < 4.78 is 18.3. The molecule has 4 heteroatoms. The van der Waals surface area contributed by atoms with E-state index >= 15 is 0 Å². The molecule has 0 spiro atoms. The van der Waals surface area contributed by atoms with E-state index in [0.29, 0.717) is 6.42 Å². The van der Waals surface area contributed by atoms with E-state index in [0.717, 1.165) is 16.2 Å². The quantitative estimate of drug-likeness (QED) is 0.906. The lowest BCUT2D eigenvalue weighted by Crippen LogP contribution is -2.12. The number of benzene rings is 1. The van der Waals surface area contributed by atoms with Crippen LogP contribution in [0.25, 0.3) is 0 Å². The smallest absolute Gasteiger partial charge is 0.134 e. The van der Waals surface area contributed by atoms with Gasteiger partial charge in [-0.3, -0.25) is 0 Å². The first-order chi connectivity index (χ1) is 8.20. The van der Waals surface area contributed by atoms with Gasteiger partial charge in [0.1, 0.15) is 11.6 Å². The predicted octanol–water partition coefficient (Wildman–Crippen LogP) is 3.14. The maximum Gasteiger partial charge on any atom is 0.134 e. The van der Waals surface area contributed by atoms with Crippen LogP contribution in [0.5, 0.6) is 5.75 Å². The minimum Gasteiger partial charge on any atom is -0.496 e. The largest absolute Gasteiger partial charge is 0.496 e. The van der Waals surface area contributed by atoms with Crippen LogP contribution in [0.15, 0.2) is 35.7 Å². The van der Waals surface area contributed by atoms with Crippen molar-refractivity contribution >= 4 is 11.3 Å². The van der Waals surface area contributed by atoms with E-state index in [1.807, 2.05) is 17.5 Å². The molecule has 17 heavy (non-hydrogen) atoms. The van der Waals surface area contributed by atoms with E-state index in [1.54, 1.807) is 24.5 Å². The van der Waals surface area contributed by atoms with Gasteiger partial charge in [0.2, 0.25) is 0 Å². The molecule has 90 valence electrons. The lowest BCUT2D eigenvalue weighted by molar-refractivity contribution is 0.409. The molecule has 1 heterocycles. The summed E-state index contributed by atoms with van der Waals surface area (Å²) in [4.78, 5) is 0.997. The van der Waals surface area contributed by atoms with E-state index in [9.17, 15) is 4.39 Å². The molecule has 0 amide bonds. The lowest BCUT2D eigenvalue weighted by atomic mass is 10.1. The molecule has 0 aliphatic rings. The number of rotatable bonds is 4. The number of halogens is 1. The molecular formula is C13H14FNOS. The number of ether oxygens (including phenoxy) is 1. The minimum absolute atomic E-state index is 0.160. The molecule has 0 aliphatic heterocycles. The minimum atomic E-state index is -0.229. The van der Waals surface area contributed by atoms with Crippen LogP contribution in [0.3, 0.4) is 0 Å². The van der Waals surface area contributed by atoms with Gasteiger partial charge in [-0.05, 0) is 35.6 Å². The Kier molecular flexibility index (Phi) is 3.76. The first-order valence-corrected chi connectivity index (χ1v) is 6.20. The highest BCUT2D eigenvalue weighted by Gasteiger charge is 2.14. The number of hydrogen-bond acceptors (Lipinski definition) is 3. The van der Waals surface area contributed by atoms with E-state index in [2.05, 4.69) is 0 Å². The van der Waals surface area contributed by atoms with Crippen LogP contribution >= 0.6 is 11.3 Å². The van der Waals surface area contributed by atoms with Crippen LogP contribution in [0.4, 0.5) is 4.39 Å². The van der Waals surface area contributed by atoms with Crippen molar-refractivity contribution in [3.8, 4) is 5.75 Å². The van der Waals surface area contributed by atoms with Gasteiger partial charge in [0, 0.05) is 6.04 Å². The third-order valence-electron chi connectivity index (χ3n) is 2.56. The summed E-state index contributed by atoms with van der Waals surface area (Å²) in [5, 5.41) is 1.94. The molecule has 0 fully saturated rings. The molecule has 2 N–H and O–H groups in total. The molecule has 1 unspecified atom stereocenters. The van der Waals surface area contributed by atoms with Gasteiger partial charge in [-0.25, -0.2) is 4.39 Å². The van der Waals surface area contributed by atoms with Crippen LogP contribution in [0.1, 0.15) is 16.5 Å². The van der Waals surface area contributed by atoms with Crippen molar-refractivity contribution in [3.05, 3.63) is 52.0 Å². The lowest BCUT2D eigenvalue weighted by Gasteiger charge is -2.11. The normalized spacial score (nSPS) is 12.4. The summed E-state index contributed by atoms with van der Waals surface area (Å²) in [6, 6.07) is 8.25. The SMILES string of the molecule is COc1ccsc1C(N)Cc1cccc(F)c1. The molecule has 0 bridgehead atoms. The van der Waals surface area contributed by atoms with Crippen molar-refractivity contribution in [3.63, 3.8) is 0 Å². The highest BCUT2D eigenvalue weighted by Crippen LogP contribution is 2.31. The molecule has 0 saturated carbocycles. The Morgan fingerprint density at radius 1 is 1.41 bits per heavy atom. The van der Waals surface area contributed by atoms with Gasteiger partial charge in [-0.15, -0.1) is 11.3 Å². The number of methoxy groups -OCH3 is 1. The standard InChI is InChI=1S/C13H14FNOS/c1-16-12-5-6-17-13(12)11(15)8-9-3-2-4-10(14)7-9/h2-7,11H,8,15H2,1H3. The Balaban J connectivity index is 2.14. The van der Waals surface area contributed by atoms with Crippen LogP contribution in [0, 0.1) is 5.82 Å². The maximum atomic E-state index is 13.0. The fourth-order valence-corrected chi connectivity index (χ4v) is 2.62. The molecule has 0 aliphatic carbocycles. The Labute approximate surface area is 104 Å². The van der Waals surface area contributed by atoms with Crippen molar-refractivity contribution in [1.82, 2.24) is 0 Å². The van der Waals surface area contributed by atoms with Gasteiger partial charge in [-0.1, -0.05) is 12.1 Å². The van der Waals surface area contributed by atoms with Crippen LogP contribution in [0.2, 0.25) is 0 Å². The number of thiophene rings is 1. The molecule has 1 aromatic heterocycles. The van der Waals surface area contributed by atoms with Crippen molar-refractivity contribution in [2.45, 2.75) is 12.5 Å². The average molecular weight is 251 g/mol. The zero-order chi connectivity index (χ0) is 12.3. The van der Waals surface area contributed by atoms with Crippen molar-refractivity contribution < 1.29 is 9.13 Å². The second-order valence-corrected chi connectivity index (χ2v) is 4.74. The Morgan fingerprint density at radius 3 is 2.94 bits per heavy atom. The van der Waals surface area contributed by atoms with Gasteiger partial charge in [0.05, 0.1) is 12.0 Å². The van der Waals surface area contributed by atoms with E-state index < -0.39 is 0 Å². The fraction of sp³-hybridized carbons (Fsp3) is 0.231. The first-order valence-electron chi connectivity index (χ1n) is 5.32. The zero-order valence-corrected chi connectivity index (χ0v) is 10.3. The summed E-state index contributed by atoms with van der Waals surface area (Å²) in [7, 11) is 1.63. The van der Waals surface area contributed by atoms with Gasteiger partial charge in [0.25, 0.3) is 0 Å². The Bertz CT molecular complexity index is 498. The summed E-state index contributed by atoms with van der Waals surface area (Å²) in [5.74, 6) is 0.576. The molecule has 2 rings (SSSR count). The fourth-order valence-electron chi connectivity index (χ4n) is 1.76. The van der Waals surface area contributed by atoms with Crippen molar-refractivity contribution in [2.75, 3.05) is 7.11 Å². The highest BCUT2D eigenvalue weighted by atomic mass is 32.1. The average Bonchev–Trinajstić information content (AvgIpc) is 2.77. The van der Waals surface area contributed by atoms with Crippen LogP contribution < -0.4 is 10.5 Å². The molecule has 0 radical (unpaired) electrons.